The third kappa shape index (κ3) is 28.0. The number of amides is 1. The van der Waals surface area contributed by atoms with Crippen LogP contribution in [-0.4, -0.2) is 154 Å². The van der Waals surface area contributed by atoms with Gasteiger partial charge >= 0.3 is 5.97 Å². The van der Waals surface area contributed by atoms with Crippen molar-refractivity contribution < 1.29 is 61.0 Å². The van der Waals surface area contributed by atoms with Gasteiger partial charge in [-0.25, -0.2) is 18.4 Å². The van der Waals surface area contributed by atoms with Crippen LogP contribution in [0.4, 0.5) is 0 Å². The van der Waals surface area contributed by atoms with Gasteiger partial charge < -0.3 is 48.3 Å². The van der Waals surface area contributed by atoms with Gasteiger partial charge in [0.1, 0.15) is 0 Å². The molecule has 0 unspecified atom stereocenters. The van der Waals surface area contributed by atoms with Crippen LogP contribution in [0.25, 0.3) is 0 Å². The van der Waals surface area contributed by atoms with Crippen molar-refractivity contribution >= 4 is 21.7 Å². The molecule has 0 aliphatic carbocycles. The Balaban J connectivity index is 1.75. The Morgan fingerprint density at radius 3 is 1.49 bits per heavy atom. The molecule has 1 rings (SSSR count). The van der Waals surface area contributed by atoms with Crippen LogP contribution >= 0.6 is 0 Å². The Morgan fingerprint density at radius 2 is 1.09 bits per heavy atom. The van der Waals surface area contributed by atoms with Crippen LogP contribution in [-0.2, 0) is 57.3 Å². The fourth-order valence-corrected chi connectivity index (χ4v) is 3.71. The normalized spacial score (nSPS) is 11.3. The van der Waals surface area contributed by atoms with Gasteiger partial charge in [0, 0.05) is 38.0 Å². The maximum absolute atomic E-state index is 11.9. The number of sulfone groups is 1. The molecule has 0 aliphatic heterocycles. The maximum atomic E-state index is 11.9. The predicted octanol–water partition coefficient (Wildman–Crippen LogP) is 0.126. The van der Waals surface area contributed by atoms with E-state index < -0.39 is 15.8 Å². The molecular weight excluding hydrogens is 642 g/mol. The summed E-state index contributed by atoms with van der Waals surface area (Å²) in [5.74, 6) is 4.80. The van der Waals surface area contributed by atoms with Crippen molar-refractivity contribution in [2.24, 2.45) is 0 Å². The van der Waals surface area contributed by atoms with Crippen LogP contribution in [0, 0.1) is 11.8 Å². The molecule has 1 aromatic heterocycles. The number of carboxylic acid groups (broad SMARTS) is 1. The minimum absolute atomic E-state index is 0.0128. The highest BCUT2D eigenvalue weighted by Crippen LogP contribution is 2.01. The zero-order chi connectivity index (χ0) is 34.3. The van der Waals surface area contributed by atoms with Crippen molar-refractivity contribution in [3.63, 3.8) is 0 Å². The molecule has 0 radical (unpaired) electrons. The second kappa shape index (κ2) is 29.4. The molecule has 1 aromatic rings. The second-order valence-electron chi connectivity index (χ2n) is 9.57. The number of ether oxygens (including phenoxy) is 8. The largest absolute Gasteiger partial charge is 0.481 e. The van der Waals surface area contributed by atoms with Gasteiger partial charge in [-0.05, 0) is 6.42 Å². The molecule has 268 valence electrons. The van der Waals surface area contributed by atoms with Gasteiger partial charge in [-0.2, -0.15) is 0 Å². The molecule has 17 heteroatoms. The molecule has 0 fully saturated rings. The average Bonchev–Trinajstić information content (AvgIpc) is 3.04. The van der Waals surface area contributed by atoms with Crippen LogP contribution < -0.4 is 5.32 Å². The molecule has 0 aliphatic rings. The molecule has 0 spiro atoms. The van der Waals surface area contributed by atoms with E-state index in [0.717, 1.165) is 6.26 Å². The number of carbonyl (C=O) groups excluding carboxylic acids is 1. The molecule has 0 bridgehead atoms. The fourth-order valence-electron chi connectivity index (χ4n) is 3.23. The van der Waals surface area contributed by atoms with Gasteiger partial charge in [-0.1, -0.05) is 11.8 Å². The van der Waals surface area contributed by atoms with Crippen LogP contribution in [0.3, 0.4) is 0 Å². The lowest BCUT2D eigenvalue weighted by Gasteiger charge is -2.09. The Labute approximate surface area is 277 Å². The van der Waals surface area contributed by atoms with Gasteiger partial charge in [-0.15, -0.1) is 0 Å². The van der Waals surface area contributed by atoms with Gasteiger partial charge in [-0.3, -0.25) is 9.59 Å². The summed E-state index contributed by atoms with van der Waals surface area (Å²) in [7, 11) is -3.44. The summed E-state index contributed by atoms with van der Waals surface area (Å²) in [4.78, 5) is 29.8. The van der Waals surface area contributed by atoms with Crippen LogP contribution in [0.1, 0.15) is 31.2 Å². The van der Waals surface area contributed by atoms with Crippen molar-refractivity contribution in [3.05, 3.63) is 18.0 Å². The number of carbonyl (C=O) groups is 2. The third-order valence-electron chi connectivity index (χ3n) is 5.53. The molecular formula is C30H49N3O13S. The highest BCUT2D eigenvalue weighted by atomic mass is 32.2. The van der Waals surface area contributed by atoms with Crippen LogP contribution in [0.15, 0.2) is 17.6 Å². The predicted molar refractivity (Wildman–Crippen MR) is 168 cm³/mol. The lowest BCUT2D eigenvalue weighted by Crippen LogP contribution is -2.27. The molecule has 16 nitrogen and oxygen atoms in total. The summed E-state index contributed by atoms with van der Waals surface area (Å²) >= 11 is 0. The van der Waals surface area contributed by atoms with Crippen molar-refractivity contribution in [3.8, 4) is 11.8 Å². The Hall–Kier alpha value is -2.79. The molecule has 1 amide bonds. The standard InChI is InChI=1S/C30H49N3O13S/c1-47(37,38)30-32-25-27(26-33-30)5-3-2-4-6-28(34)31-8-10-40-12-14-42-16-18-44-20-22-46-24-23-45-21-19-43-17-15-41-13-11-39-9-7-29(35)36/h25-26H,2,4,6-24H2,1H3,(H,31,34)(H,35,36). The number of hydrogen-bond donors (Lipinski definition) is 2. The number of nitrogens with one attached hydrogen (secondary N) is 1. The first-order chi connectivity index (χ1) is 22.8. The quantitative estimate of drug-likeness (QED) is 0.0604. The average molecular weight is 692 g/mol. The molecule has 0 saturated carbocycles. The van der Waals surface area contributed by atoms with Gasteiger partial charge in [0.15, 0.2) is 0 Å². The Kier molecular flexibility index (Phi) is 26.4. The van der Waals surface area contributed by atoms with E-state index in [9.17, 15) is 18.0 Å². The van der Waals surface area contributed by atoms with E-state index in [4.69, 9.17) is 43.0 Å². The highest BCUT2D eigenvalue weighted by molar-refractivity contribution is 7.90. The SMILES string of the molecule is CS(=O)(=O)c1ncc(C#CCCCC(=O)NCCOCCOCCOCCOCCOCCOCCOCCOCCC(=O)O)cn1. The summed E-state index contributed by atoms with van der Waals surface area (Å²) in [5.41, 5.74) is 0.510. The van der Waals surface area contributed by atoms with Gasteiger partial charge in [0.05, 0.1) is 118 Å². The third-order valence-corrected chi connectivity index (χ3v) is 6.41. The number of aromatic nitrogens is 2. The lowest BCUT2D eigenvalue weighted by molar-refractivity contribution is -0.138. The number of aliphatic carboxylic acids is 1. The van der Waals surface area contributed by atoms with Crippen LogP contribution in [0.5, 0.6) is 0 Å². The summed E-state index contributed by atoms with van der Waals surface area (Å²) in [5, 5.41) is 11.0. The molecule has 47 heavy (non-hydrogen) atoms. The monoisotopic (exact) mass is 691 g/mol. The van der Waals surface area contributed by atoms with Gasteiger partial charge in [0.25, 0.3) is 0 Å². The van der Waals surface area contributed by atoms with E-state index in [1.807, 2.05) is 0 Å². The Bertz CT molecular complexity index is 1110. The van der Waals surface area contributed by atoms with Crippen molar-refractivity contribution in [1.29, 1.82) is 0 Å². The van der Waals surface area contributed by atoms with E-state index >= 15 is 0 Å². The van der Waals surface area contributed by atoms with E-state index in [-0.39, 0.29) is 24.1 Å². The summed E-state index contributed by atoms with van der Waals surface area (Å²) in [6, 6.07) is 0. The summed E-state index contributed by atoms with van der Waals surface area (Å²) in [6.07, 6.45) is 5.18. The summed E-state index contributed by atoms with van der Waals surface area (Å²) in [6.45, 7) is 7.05. The lowest BCUT2D eigenvalue weighted by atomic mass is 10.2. The summed E-state index contributed by atoms with van der Waals surface area (Å²) < 4.78 is 65.7. The van der Waals surface area contributed by atoms with Crippen molar-refractivity contribution in [1.82, 2.24) is 15.3 Å². The minimum atomic E-state index is -3.44. The molecule has 2 N–H and O–H groups in total. The smallest absolute Gasteiger partial charge is 0.305 e. The molecule has 0 aromatic carbocycles. The van der Waals surface area contributed by atoms with Crippen molar-refractivity contribution in [2.75, 3.05) is 119 Å². The minimum Gasteiger partial charge on any atom is -0.481 e. The molecule has 1 heterocycles. The first-order valence-electron chi connectivity index (χ1n) is 15.4. The second-order valence-corrected chi connectivity index (χ2v) is 11.5. The number of carboxylic acids is 1. The first-order valence-corrected chi connectivity index (χ1v) is 17.3. The molecule has 0 atom stereocenters. The highest BCUT2D eigenvalue weighted by Gasteiger charge is 2.09. The number of nitrogens with zero attached hydrogens (tertiary/aromatic N) is 2. The molecule has 0 saturated heterocycles. The van der Waals surface area contributed by atoms with E-state index in [0.29, 0.717) is 130 Å². The van der Waals surface area contributed by atoms with E-state index in [1.165, 1.54) is 12.4 Å². The zero-order valence-corrected chi connectivity index (χ0v) is 28.0. The van der Waals surface area contributed by atoms with Crippen molar-refractivity contribution in [2.45, 2.75) is 30.8 Å². The Morgan fingerprint density at radius 1 is 0.681 bits per heavy atom. The maximum Gasteiger partial charge on any atom is 0.305 e. The van der Waals surface area contributed by atoms with E-state index in [1.54, 1.807) is 0 Å². The van der Waals surface area contributed by atoms with Gasteiger partial charge in [0.2, 0.25) is 20.9 Å². The topological polar surface area (TPSA) is 200 Å². The number of rotatable bonds is 31. The number of unbranched alkanes of at least 4 members (excludes halogenated alkanes) is 1. The fraction of sp³-hybridized carbons (Fsp3) is 0.733. The number of hydrogen-bond acceptors (Lipinski definition) is 14. The zero-order valence-electron chi connectivity index (χ0n) is 27.2. The van der Waals surface area contributed by atoms with Crippen LogP contribution in [0.2, 0.25) is 0 Å². The first kappa shape index (κ1) is 42.2. The van der Waals surface area contributed by atoms with E-state index in [2.05, 4.69) is 27.1 Å².